The van der Waals surface area contributed by atoms with Crippen LogP contribution in [0.15, 0.2) is 22.8 Å². The van der Waals surface area contributed by atoms with Gasteiger partial charge in [-0.05, 0) is 58.8 Å². The highest BCUT2D eigenvalue weighted by molar-refractivity contribution is 9.10. The number of aromatic amines is 1. The van der Waals surface area contributed by atoms with E-state index in [1.165, 1.54) is 39.5 Å². The summed E-state index contributed by atoms with van der Waals surface area (Å²) in [5.74, 6) is 0.791. The quantitative estimate of drug-likeness (QED) is 0.783. The molecule has 0 radical (unpaired) electrons. The standard InChI is InChI=1S/C12H12BrN/c1-7-3-2-4-9-10(7)11(8-5-6-8)12(13)14-9/h2-4,8,14H,5-6H2,1H3. The lowest BCUT2D eigenvalue weighted by Gasteiger charge is -1.99. The molecular weight excluding hydrogens is 238 g/mol. The van der Waals surface area contributed by atoms with Gasteiger partial charge in [-0.15, -0.1) is 0 Å². The molecule has 1 N–H and O–H groups in total. The van der Waals surface area contributed by atoms with Gasteiger partial charge >= 0.3 is 0 Å². The Balaban J connectivity index is 2.39. The van der Waals surface area contributed by atoms with Gasteiger partial charge in [-0.2, -0.15) is 0 Å². The fourth-order valence-corrected chi connectivity index (χ4v) is 2.92. The van der Waals surface area contributed by atoms with Gasteiger partial charge in [0.05, 0.1) is 4.60 Å². The van der Waals surface area contributed by atoms with Crippen LogP contribution in [0.5, 0.6) is 0 Å². The Bertz CT molecular complexity index is 494. The summed E-state index contributed by atoms with van der Waals surface area (Å²) in [5, 5.41) is 1.43. The van der Waals surface area contributed by atoms with E-state index in [1.807, 2.05) is 0 Å². The van der Waals surface area contributed by atoms with Crippen LogP contribution in [-0.4, -0.2) is 4.98 Å². The number of fused-ring (bicyclic) bond motifs is 1. The molecule has 1 aromatic carbocycles. The van der Waals surface area contributed by atoms with E-state index in [-0.39, 0.29) is 0 Å². The minimum atomic E-state index is 0.791. The molecule has 1 saturated carbocycles. The van der Waals surface area contributed by atoms with Gasteiger partial charge in [0.1, 0.15) is 0 Å². The van der Waals surface area contributed by atoms with Crippen LogP contribution in [0.25, 0.3) is 10.9 Å². The molecule has 72 valence electrons. The normalized spacial score (nSPS) is 16.4. The van der Waals surface area contributed by atoms with E-state index < -0.39 is 0 Å². The number of rotatable bonds is 1. The third kappa shape index (κ3) is 1.13. The van der Waals surface area contributed by atoms with Crippen LogP contribution in [0.2, 0.25) is 0 Å². The number of hydrogen-bond donors (Lipinski definition) is 1. The lowest BCUT2D eigenvalue weighted by atomic mass is 10.0. The zero-order valence-electron chi connectivity index (χ0n) is 8.10. The predicted octanol–water partition coefficient (Wildman–Crippen LogP) is 4.12. The van der Waals surface area contributed by atoms with Crippen LogP contribution in [0, 0.1) is 6.92 Å². The second-order valence-electron chi connectivity index (χ2n) is 4.12. The minimum absolute atomic E-state index is 0.791. The van der Waals surface area contributed by atoms with Gasteiger partial charge in [0, 0.05) is 10.9 Å². The van der Waals surface area contributed by atoms with E-state index in [4.69, 9.17) is 0 Å². The van der Waals surface area contributed by atoms with Crippen molar-refractivity contribution >= 4 is 26.8 Å². The summed E-state index contributed by atoms with van der Waals surface area (Å²) in [4.78, 5) is 3.41. The Kier molecular flexibility index (Phi) is 1.75. The molecule has 0 bridgehead atoms. The molecule has 1 aliphatic rings. The summed E-state index contributed by atoms with van der Waals surface area (Å²) in [6.07, 6.45) is 2.69. The predicted molar refractivity (Wildman–Crippen MR) is 62.7 cm³/mol. The van der Waals surface area contributed by atoms with Crippen molar-refractivity contribution in [3.05, 3.63) is 33.9 Å². The largest absolute Gasteiger partial charge is 0.349 e. The Hall–Kier alpha value is -0.760. The number of H-pyrrole nitrogens is 1. The summed E-state index contributed by atoms with van der Waals surface area (Å²) in [7, 11) is 0. The summed E-state index contributed by atoms with van der Waals surface area (Å²) in [6, 6.07) is 6.45. The van der Waals surface area contributed by atoms with Gasteiger partial charge < -0.3 is 4.98 Å². The van der Waals surface area contributed by atoms with Gasteiger partial charge in [0.2, 0.25) is 0 Å². The Labute approximate surface area is 91.6 Å². The smallest absolute Gasteiger partial charge is 0.0866 e. The molecule has 1 aliphatic carbocycles. The van der Waals surface area contributed by atoms with Crippen molar-refractivity contribution in [2.45, 2.75) is 25.7 Å². The molecular formula is C12H12BrN. The lowest BCUT2D eigenvalue weighted by molar-refractivity contribution is 1.12. The van der Waals surface area contributed by atoms with E-state index in [1.54, 1.807) is 0 Å². The molecule has 0 unspecified atom stereocenters. The van der Waals surface area contributed by atoms with Crippen LogP contribution in [0.3, 0.4) is 0 Å². The van der Waals surface area contributed by atoms with Crippen LogP contribution >= 0.6 is 15.9 Å². The number of halogens is 1. The summed E-state index contributed by atoms with van der Waals surface area (Å²) >= 11 is 3.63. The fraction of sp³-hybridized carbons (Fsp3) is 0.333. The van der Waals surface area contributed by atoms with E-state index in [0.717, 1.165) is 5.92 Å². The molecule has 0 spiro atoms. The third-order valence-electron chi connectivity index (χ3n) is 3.01. The van der Waals surface area contributed by atoms with Crippen molar-refractivity contribution in [2.24, 2.45) is 0 Å². The second-order valence-corrected chi connectivity index (χ2v) is 4.92. The maximum atomic E-state index is 3.63. The van der Waals surface area contributed by atoms with Crippen molar-refractivity contribution in [3.63, 3.8) is 0 Å². The Morgan fingerprint density at radius 1 is 1.36 bits per heavy atom. The first-order chi connectivity index (χ1) is 6.77. The van der Waals surface area contributed by atoms with E-state index in [9.17, 15) is 0 Å². The van der Waals surface area contributed by atoms with Crippen LogP contribution in [0.4, 0.5) is 0 Å². The van der Waals surface area contributed by atoms with Gasteiger partial charge in [0.25, 0.3) is 0 Å². The molecule has 0 atom stereocenters. The Morgan fingerprint density at radius 3 is 2.86 bits per heavy atom. The van der Waals surface area contributed by atoms with Crippen LogP contribution in [0.1, 0.15) is 29.9 Å². The maximum absolute atomic E-state index is 3.63. The molecule has 3 rings (SSSR count). The molecule has 1 nitrogen and oxygen atoms in total. The lowest BCUT2D eigenvalue weighted by Crippen LogP contribution is -1.80. The van der Waals surface area contributed by atoms with Gasteiger partial charge in [-0.3, -0.25) is 0 Å². The number of nitrogens with one attached hydrogen (secondary N) is 1. The van der Waals surface area contributed by atoms with Crippen LogP contribution in [-0.2, 0) is 0 Å². The van der Waals surface area contributed by atoms with E-state index >= 15 is 0 Å². The molecule has 2 aromatic rings. The van der Waals surface area contributed by atoms with Crippen molar-refractivity contribution < 1.29 is 0 Å². The van der Waals surface area contributed by atoms with Gasteiger partial charge in [-0.25, -0.2) is 0 Å². The zero-order valence-corrected chi connectivity index (χ0v) is 9.69. The second kappa shape index (κ2) is 2.86. The highest BCUT2D eigenvalue weighted by Gasteiger charge is 2.29. The first-order valence-electron chi connectivity index (χ1n) is 5.04. The molecule has 0 saturated heterocycles. The van der Waals surface area contributed by atoms with Crippen molar-refractivity contribution in [1.29, 1.82) is 0 Å². The summed E-state index contributed by atoms with van der Waals surface area (Å²) in [6.45, 7) is 2.19. The fourth-order valence-electron chi connectivity index (χ4n) is 2.18. The number of benzene rings is 1. The molecule has 0 amide bonds. The van der Waals surface area contributed by atoms with Gasteiger partial charge in [0.15, 0.2) is 0 Å². The topological polar surface area (TPSA) is 15.8 Å². The summed E-state index contributed by atoms with van der Waals surface area (Å²) < 4.78 is 1.18. The monoisotopic (exact) mass is 249 g/mol. The molecule has 1 fully saturated rings. The SMILES string of the molecule is Cc1cccc2[nH]c(Br)c(C3CC3)c12. The highest BCUT2D eigenvalue weighted by Crippen LogP contribution is 2.47. The molecule has 1 aromatic heterocycles. The first-order valence-corrected chi connectivity index (χ1v) is 5.83. The van der Waals surface area contributed by atoms with Crippen molar-refractivity contribution in [1.82, 2.24) is 4.98 Å². The van der Waals surface area contributed by atoms with Crippen molar-refractivity contribution in [3.8, 4) is 0 Å². The maximum Gasteiger partial charge on any atom is 0.0866 e. The van der Waals surface area contributed by atoms with Gasteiger partial charge in [-0.1, -0.05) is 12.1 Å². The highest BCUT2D eigenvalue weighted by atomic mass is 79.9. The van der Waals surface area contributed by atoms with Crippen molar-refractivity contribution in [2.75, 3.05) is 0 Å². The van der Waals surface area contributed by atoms with E-state index in [2.05, 4.69) is 46.0 Å². The number of hydrogen-bond acceptors (Lipinski definition) is 0. The first kappa shape index (κ1) is 8.54. The molecule has 14 heavy (non-hydrogen) atoms. The Morgan fingerprint density at radius 2 is 2.14 bits per heavy atom. The average Bonchev–Trinajstić information content (AvgIpc) is 2.90. The number of aryl methyl sites for hydroxylation is 1. The summed E-state index contributed by atoms with van der Waals surface area (Å²) in [5.41, 5.74) is 4.14. The third-order valence-corrected chi connectivity index (χ3v) is 3.63. The van der Waals surface area contributed by atoms with E-state index in [0.29, 0.717) is 0 Å². The molecule has 1 heterocycles. The zero-order chi connectivity index (χ0) is 9.71. The molecule has 2 heteroatoms. The average molecular weight is 250 g/mol. The minimum Gasteiger partial charge on any atom is -0.349 e. The molecule has 0 aliphatic heterocycles. The number of aromatic nitrogens is 1. The van der Waals surface area contributed by atoms with Crippen LogP contribution < -0.4 is 0 Å².